The molecule has 1 aliphatic heterocycles. The van der Waals surface area contributed by atoms with Crippen molar-refractivity contribution in [3.8, 4) is 11.6 Å². The van der Waals surface area contributed by atoms with Crippen LogP contribution in [0.5, 0.6) is 11.6 Å². The lowest BCUT2D eigenvalue weighted by molar-refractivity contribution is -0.0313. The van der Waals surface area contributed by atoms with Gasteiger partial charge in [-0.2, -0.15) is 0 Å². The Morgan fingerprint density at radius 3 is 2.44 bits per heavy atom. The molecule has 0 radical (unpaired) electrons. The molecule has 308 valence electrons. The number of halogens is 1. The van der Waals surface area contributed by atoms with E-state index in [9.17, 15) is 5.11 Å². The normalized spacial score (nSPS) is 24.9. The third-order valence-electron chi connectivity index (χ3n) is 13.3. The number of fused-ring (bicyclic) bond motifs is 4. The molecule has 5 atom stereocenters. The molecule has 3 aliphatic carbocycles. The number of nitrogens with zero attached hydrogens (tertiary/aromatic N) is 2. The van der Waals surface area contributed by atoms with Gasteiger partial charge in [-0.3, -0.25) is 14.5 Å². The second-order valence-corrected chi connectivity index (χ2v) is 23.0. The van der Waals surface area contributed by atoms with Gasteiger partial charge in [0, 0.05) is 29.1 Å². The molecule has 2 heterocycles. The van der Waals surface area contributed by atoms with Crippen LogP contribution in [-0.4, -0.2) is 67.5 Å². The highest BCUT2D eigenvalue weighted by Gasteiger charge is 2.67. The van der Waals surface area contributed by atoms with Crippen LogP contribution in [0.1, 0.15) is 135 Å². The number of allylic oxidation sites excluding steroid dienone is 1. The summed E-state index contributed by atoms with van der Waals surface area (Å²) in [6.07, 6.45) is 6.14. The molecule has 1 saturated heterocycles. The van der Waals surface area contributed by atoms with Crippen molar-refractivity contribution >= 4 is 31.5 Å². The lowest BCUT2D eigenvalue weighted by atomic mass is 9.58. The number of hydrogen-bond acceptors (Lipinski definition) is 10. The predicted octanol–water partition coefficient (Wildman–Crippen LogP) is 10.1. The van der Waals surface area contributed by atoms with Crippen LogP contribution in [0.15, 0.2) is 52.3 Å². The third-order valence-corrected chi connectivity index (χ3v) is 18.2. The predicted molar refractivity (Wildman–Crippen MR) is 224 cm³/mol. The minimum Gasteiger partial charge on any atom is -0.508 e. The minimum atomic E-state index is -2.83. The molecule has 57 heavy (non-hydrogen) atoms. The maximum Gasteiger partial charge on any atom is 0.265 e. The minimum absolute atomic E-state index is 0.0530. The summed E-state index contributed by atoms with van der Waals surface area (Å²) in [5, 5.41) is 20.8. The molecule has 7 rings (SSSR count). The van der Waals surface area contributed by atoms with Crippen LogP contribution in [0.25, 0.3) is 0 Å². The van der Waals surface area contributed by atoms with Gasteiger partial charge in [0.05, 0.1) is 24.8 Å². The number of benzene rings is 2. The summed E-state index contributed by atoms with van der Waals surface area (Å²) in [4.78, 5) is 33.1. The highest BCUT2D eigenvalue weighted by Crippen LogP contribution is 2.59. The Balaban J connectivity index is 1.39. The van der Waals surface area contributed by atoms with E-state index >= 15 is 9.59 Å². The van der Waals surface area contributed by atoms with Crippen molar-refractivity contribution in [3.05, 3.63) is 86.3 Å². The van der Waals surface area contributed by atoms with Crippen LogP contribution in [-0.2, 0) is 17.4 Å². The van der Waals surface area contributed by atoms with Crippen LogP contribution in [0.2, 0.25) is 23.2 Å². The SMILES string of the molecule is CCCCOc1cc(C2CCCN2Cc2ccccc2)c(Cl)c2c1C(=O)C1=C(O)[C@]3(O[Si](C)(C)C(C)(C)C)C(=O)c4c(OCCCC)noc4[C@@H](NC)[C@@H]3C[C@@H]1C2. The summed E-state index contributed by atoms with van der Waals surface area (Å²) in [7, 11) is -1.02. The van der Waals surface area contributed by atoms with E-state index < -0.39 is 37.6 Å². The van der Waals surface area contributed by atoms with E-state index in [1.54, 1.807) is 0 Å². The summed E-state index contributed by atoms with van der Waals surface area (Å²) >= 11 is 7.51. The highest BCUT2D eigenvalue weighted by molar-refractivity contribution is 6.74. The second kappa shape index (κ2) is 16.3. The first kappa shape index (κ1) is 41.7. The maximum atomic E-state index is 15.4. The molecule has 2 aromatic carbocycles. The smallest absolute Gasteiger partial charge is 0.265 e. The molecule has 1 fully saturated rings. The Kier molecular flexibility index (Phi) is 11.9. The Hall–Kier alpha value is -3.48. The lowest BCUT2D eigenvalue weighted by Gasteiger charge is -2.54. The molecule has 0 saturated carbocycles. The van der Waals surface area contributed by atoms with Crippen LogP contribution in [0.4, 0.5) is 0 Å². The molecular weight excluding hydrogens is 758 g/mol. The van der Waals surface area contributed by atoms with E-state index in [4.69, 9.17) is 30.0 Å². The van der Waals surface area contributed by atoms with E-state index in [-0.39, 0.29) is 39.6 Å². The van der Waals surface area contributed by atoms with Crippen LogP contribution < -0.4 is 14.8 Å². The van der Waals surface area contributed by atoms with Gasteiger partial charge in [-0.05, 0) is 104 Å². The van der Waals surface area contributed by atoms with Gasteiger partial charge in [-0.25, -0.2) is 0 Å². The van der Waals surface area contributed by atoms with Gasteiger partial charge in [-0.15, -0.1) is 0 Å². The number of hydrogen-bond donors (Lipinski definition) is 2. The number of ketones is 2. The summed E-state index contributed by atoms with van der Waals surface area (Å²) in [5.41, 5.74) is 1.79. The number of nitrogens with one attached hydrogen (secondary N) is 1. The van der Waals surface area contributed by atoms with E-state index in [1.165, 1.54) is 5.56 Å². The number of ether oxygens (including phenoxy) is 2. The van der Waals surface area contributed by atoms with Gasteiger partial charge in [0.1, 0.15) is 17.1 Å². The quantitative estimate of drug-likeness (QED) is 0.120. The second-order valence-electron chi connectivity index (χ2n) is 17.9. The summed E-state index contributed by atoms with van der Waals surface area (Å²) < 4.78 is 25.8. The number of Topliss-reactive ketones (excluding diaryl/α,β-unsaturated/α-hetero) is 2. The number of unbranched alkanes of at least 4 members (excludes halogenated alkanes) is 2. The Morgan fingerprint density at radius 1 is 1.07 bits per heavy atom. The average Bonchev–Trinajstić information content (AvgIpc) is 3.81. The van der Waals surface area contributed by atoms with Crippen molar-refractivity contribution in [2.75, 3.05) is 26.8 Å². The van der Waals surface area contributed by atoms with Crippen molar-refractivity contribution in [1.82, 2.24) is 15.4 Å². The molecule has 1 aromatic heterocycles. The summed E-state index contributed by atoms with van der Waals surface area (Å²) in [6, 6.07) is 11.9. The monoisotopic (exact) mass is 817 g/mol. The zero-order valence-corrected chi connectivity index (χ0v) is 36.7. The van der Waals surface area contributed by atoms with Crippen molar-refractivity contribution < 1.29 is 33.1 Å². The van der Waals surface area contributed by atoms with Crippen molar-refractivity contribution in [3.63, 3.8) is 0 Å². The van der Waals surface area contributed by atoms with E-state index in [1.807, 2.05) is 19.2 Å². The maximum absolute atomic E-state index is 15.4. The van der Waals surface area contributed by atoms with Crippen molar-refractivity contribution in [2.24, 2.45) is 11.8 Å². The Labute approximate surface area is 343 Å². The van der Waals surface area contributed by atoms with Crippen LogP contribution in [0, 0.1) is 11.8 Å². The molecule has 0 spiro atoms. The molecule has 4 aliphatic rings. The lowest BCUT2D eigenvalue weighted by Crippen LogP contribution is -2.65. The third kappa shape index (κ3) is 7.19. The molecule has 3 aromatic rings. The van der Waals surface area contributed by atoms with Gasteiger partial charge >= 0.3 is 0 Å². The zero-order chi connectivity index (χ0) is 40.9. The fraction of sp³-hybridized carbons (Fsp3) is 0.578. The van der Waals surface area contributed by atoms with Gasteiger partial charge in [0.15, 0.2) is 25.5 Å². The highest BCUT2D eigenvalue weighted by atomic mass is 35.5. The number of likely N-dealkylation sites (tertiary alicyclic amines) is 1. The molecule has 0 amide bonds. The van der Waals surface area contributed by atoms with Crippen molar-refractivity contribution in [2.45, 2.75) is 128 Å². The number of carbonyl (C=O) groups excluding carboxylic acids is 2. The topological polar surface area (TPSA) is 123 Å². The average molecular weight is 819 g/mol. The molecule has 0 bridgehead atoms. The van der Waals surface area contributed by atoms with Gasteiger partial charge in [0.25, 0.3) is 5.88 Å². The Bertz CT molecular complexity index is 2020. The number of aromatic nitrogens is 1. The van der Waals surface area contributed by atoms with E-state index in [0.717, 1.165) is 62.7 Å². The Morgan fingerprint density at radius 2 is 1.77 bits per heavy atom. The van der Waals surface area contributed by atoms with Gasteiger partial charge in [-0.1, -0.05) is 89.4 Å². The van der Waals surface area contributed by atoms with E-state index in [2.05, 4.69) is 87.4 Å². The summed E-state index contributed by atoms with van der Waals surface area (Å²) in [6.45, 7) is 17.1. The molecule has 12 heteroatoms. The zero-order valence-electron chi connectivity index (χ0n) is 34.9. The van der Waals surface area contributed by atoms with Crippen molar-refractivity contribution in [1.29, 1.82) is 0 Å². The number of aliphatic hydroxyl groups excluding tert-OH is 1. The number of carbonyl (C=O) groups is 2. The largest absolute Gasteiger partial charge is 0.508 e. The molecule has 1 unspecified atom stereocenters. The van der Waals surface area contributed by atoms with Crippen LogP contribution in [0.3, 0.4) is 0 Å². The summed E-state index contributed by atoms with van der Waals surface area (Å²) in [5.74, 6) is -1.34. The molecule has 2 N–H and O–H groups in total. The standard InChI is InChI=1S/C45H60ClN3O7Si/c1-9-11-21-53-33-25-29(32-19-16-20-49(32)26-27-17-14-13-15-18-27)37(46)30-23-28-24-31-38(47-6)40-36(43(48-55-40)54-22-12-10-2)42(52)45(31,56-57(7,8)44(3,4)5)41(51)34(28)39(50)35(30)33/h13-15,17-18,25,28,31-32,38,47,51H,9-12,16,19-24,26H2,1-8H3/t28-,31-,32?,38-,45-/m0/s1. The van der Waals surface area contributed by atoms with Gasteiger partial charge < -0.3 is 28.8 Å². The first-order valence-electron chi connectivity index (χ1n) is 21.0. The first-order valence-corrected chi connectivity index (χ1v) is 24.3. The van der Waals surface area contributed by atoms with E-state index in [0.29, 0.717) is 48.2 Å². The molecule has 10 nitrogen and oxygen atoms in total. The van der Waals surface area contributed by atoms with Crippen LogP contribution >= 0.6 is 11.6 Å². The first-order chi connectivity index (χ1) is 27.2. The fourth-order valence-corrected chi connectivity index (χ4v) is 11.0. The number of aliphatic hydroxyl groups is 1. The molecular formula is C45H60ClN3O7Si. The fourth-order valence-electron chi connectivity index (χ4n) is 9.23. The van der Waals surface area contributed by atoms with Gasteiger partial charge in [0.2, 0.25) is 5.78 Å². The number of rotatable bonds is 14.